The van der Waals surface area contributed by atoms with Gasteiger partial charge in [0.2, 0.25) is 0 Å². The van der Waals surface area contributed by atoms with Crippen molar-refractivity contribution in [3.8, 4) is 0 Å². The molecule has 3 unspecified atom stereocenters. The van der Waals surface area contributed by atoms with Crippen molar-refractivity contribution in [2.45, 2.75) is 16.5 Å². The monoisotopic (exact) mass is 411 g/mol. The lowest BCUT2D eigenvalue weighted by Crippen LogP contribution is -2.38. The van der Waals surface area contributed by atoms with Crippen molar-refractivity contribution in [1.82, 2.24) is 0 Å². The van der Waals surface area contributed by atoms with Crippen LogP contribution in [0.2, 0.25) is 0 Å². The van der Waals surface area contributed by atoms with Gasteiger partial charge in [-0.3, -0.25) is 9.00 Å². The first-order valence-electron chi connectivity index (χ1n) is 10.9. The molecule has 3 aromatic carbocycles. The Morgan fingerprint density at radius 1 is 0.900 bits per heavy atom. The lowest BCUT2D eigenvalue weighted by Gasteiger charge is -2.37. The summed E-state index contributed by atoms with van der Waals surface area (Å²) in [5.74, 6) is -0.551. The van der Waals surface area contributed by atoms with E-state index in [2.05, 4.69) is 0 Å². The largest absolute Gasteiger partial charge is 0.310 e. The van der Waals surface area contributed by atoms with Crippen molar-refractivity contribution >= 4 is 28.0 Å². The van der Waals surface area contributed by atoms with Gasteiger partial charge in [-0.1, -0.05) is 60.7 Å². The third kappa shape index (κ3) is 2.50. The molecule has 0 fully saturated rings. The van der Waals surface area contributed by atoms with Gasteiger partial charge in [-0.25, -0.2) is 0 Å². The number of rotatable bonds is 1. The molecule has 0 spiro atoms. The summed E-state index contributed by atoms with van der Waals surface area (Å²) >= 11 is 0. The second-order valence-corrected chi connectivity index (χ2v) is 9.17. The first-order valence-corrected chi connectivity index (χ1v) is 11.1. The van der Waals surface area contributed by atoms with E-state index in [9.17, 15) is 9.00 Å². The fourth-order valence-corrected chi connectivity index (χ4v) is 6.08. The van der Waals surface area contributed by atoms with Gasteiger partial charge in [-0.15, -0.1) is 0 Å². The van der Waals surface area contributed by atoms with E-state index in [-0.39, 0.29) is 5.78 Å². The molecular formula is C26H19NO2S. The summed E-state index contributed by atoms with van der Waals surface area (Å²) in [6, 6.07) is 22.0. The van der Waals surface area contributed by atoms with Crippen LogP contribution >= 0.6 is 0 Å². The minimum absolute atomic E-state index is 0.0269. The zero-order chi connectivity index (χ0) is 22.0. The lowest BCUT2D eigenvalue weighted by molar-refractivity contribution is 0.0940. The van der Waals surface area contributed by atoms with E-state index in [1.807, 2.05) is 77.7 Å². The summed E-state index contributed by atoms with van der Waals surface area (Å²) in [4.78, 5) is 15.9. The lowest BCUT2D eigenvalue weighted by atomic mass is 9.88. The predicted octanol–water partition coefficient (Wildman–Crippen LogP) is 5.17. The van der Waals surface area contributed by atoms with Crippen LogP contribution in [0.1, 0.15) is 24.2 Å². The second kappa shape index (κ2) is 6.64. The van der Waals surface area contributed by atoms with Crippen LogP contribution in [-0.2, 0) is 17.2 Å². The highest BCUT2D eigenvalue weighted by molar-refractivity contribution is 7.86. The normalized spacial score (nSPS) is 26.4. The summed E-state index contributed by atoms with van der Waals surface area (Å²) in [6.45, 7) is 0. The smallest absolute Gasteiger partial charge is 0.172 e. The molecule has 2 aliphatic heterocycles. The summed E-state index contributed by atoms with van der Waals surface area (Å²) in [6.07, 6.45) is 4.05. The van der Waals surface area contributed by atoms with E-state index < -0.39 is 28.3 Å². The molecule has 146 valence electrons. The van der Waals surface area contributed by atoms with Crippen molar-refractivity contribution < 1.29 is 11.7 Å². The fraction of sp³-hybridized carbons (Fsp3) is 0.115. The highest BCUT2D eigenvalue weighted by Crippen LogP contribution is 2.43. The van der Waals surface area contributed by atoms with Crippen molar-refractivity contribution in [3.63, 3.8) is 0 Å². The maximum Gasteiger partial charge on any atom is 0.172 e. The molecule has 2 heterocycles. The molecule has 3 nitrogen and oxygen atoms in total. The number of carbonyl (C=O) groups is 1. The molecule has 3 aliphatic rings. The van der Waals surface area contributed by atoms with Gasteiger partial charge >= 0.3 is 0 Å². The fourth-order valence-electron chi connectivity index (χ4n) is 4.50. The molecule has 0 saturated carbocycles. The Morgan fingerprint density at radius 2 is 1.53 bits per heavy atom. The molecule has 30 heavy (non-hydrogen) atoms. The molecular weight excluding hydrogens is 390 g/mol. The quantitative estimate of drug-likeness (QED) is 0.554. The van der Waals surface area contributed by atoms with E-state index >= 15 is 0 Å². The zero-order valence-corrected chi connectivity index (χ0v) is 16.8. The maximum absolute atomic E-state index is 13.3. The van der Waals surface area contributed by atoms with Crippen LogP contribution < -0.4 is 4.90 Å². The average Bonchev–Trinajstić information content (AvgIpc) is 2.83. The second-order valence-electron chi connectivity index (χ2n) is 7.59. The highest BCUT2D eigenvalue weighted by atomic mass is 32.2. The standard InChI is InChI=1S/C26H19NO2S/c28-26-20-9-3-6-12-24(20)30(29)25-14-13-19(16-21(25)26)27-22-10-4-1-7-17(22)15-18-8-2-5-11-23(18)27/h1-14,16,21,25H,15H2/i15D2. The SMILES string of the molecule is [2H]C1([2H])c2ccccc2N(C2=CC3C(=O)c4ccccc4S(=O)C3C=C2)c2ccccc21. The molecule has 4 heteroatoms. The van der Waals surface area contributed by atoms with Crippen LogP contribution in [0.3, 0.4) is 0 Å². The van der Waals surface area contributed by atoms with Crippen LogP contribution in [0.4, 0.5) is 11.4 Å². The van der Waals surface area contributed by atoms with Gasteiger partial charge in [0.1, 0.15) is 0 Å². The Hall–Kier alpha value is -3.24. The molecule has 0 N–H and O–H groups in total. The topological polar surface area (TPSA) is 37.4 Å². The number of hydrogen-bond donors (Lipinski definition) is 0. The van der Waals surface area contributed by atoms with E-state index in [0.29, 0.717) is 21.6 Å². The van der Waals surface area contributed by atoms with Gasteiger partial charge in [-0.2, -0.15) is 0 Å². The zero-order valence-electron chi connectivity index (χ0n) is 18.0. The molecule has 1 aliphatic carbocycles. The molecule has 0 amide bonds. The molecule has 6 rings (SSSR count). The van der Waals surface area contributed by atoms with E-state index in [1.165, 1.54) is 0 Å². The van der Waals surface area contributed by atoms with Crippen LogP contribution in [0, 0.1) is 5.92 Å². The molecule has 3 aromatic rings. The number of para-hydroxylation sites is 2. The number of nitrogens with zero attached hydrogens (tertiary/aromatic N) is 1. The van der Waals surface area contributed by atoms with Crippen molar-refractivity contribution in [3.05, 3.63) is 113 Å². The molecule has 0 saturated heterocycles. The van der Waals surface area contributed by atoms with Gasteiger partial charge in [0, 0.05) is 31.7 Å². The van der Waals surface area contributed by atoms with Gasteiger partial charge in [0.15, 0.2) is 5.78 Å². The third-order valence-corrected chi connectivity index (χ3v) is 7.63. The summed E-state index contributed by atoms with van der Waals surface area (Å²) in [5.41, 5.74) is 3.96. The van der Waals surface area contributed by atoms with Crippen LogP contribution in [0.5, 0.6) is 0 Å². The molecule has 3 atom stereocenters. The van der Waals surface area contributed by atoms with Gasteiger partial charge in [0.25, 0.3) is 0 Å². The average molecular weight is 412 g/mol. The number of hydrogen-bond acceptors (Lipinski definition) is 3. The number of benzene rings is 3. The first-order chi connectivity index (χ1) is 15.5. The highest BCUT2D eigenvalue weighted by Gasteiger charge is 2.40. The maximum atomic E-state index is 13.3. The number of carbonyl (C=O) groups excluding carboxylic acids is 1. The number of ketones is 1. The van der Waals surface area contributed by atoms with Crippen LogP contribution in [-0.4, -0.2) is 15.2 Å². The van der Waals surface area contributed by atoms with E-state index in [0.717, 1.165) is 17.1 Å². The first kappa shape index (κ1) is 15.6. The van der Waals surface area contributed by atoms with Crippen molar-refractivity contribution in [2.24, 2.45) is 5.92 Å². The van der Waals surface area contributed by atoms with E-state index in [4.69, 9.17) is 2.74 Å². The van der Waals surface area contributed by atoms with Crippen LogP contribution in [0.15, 0.2) is 102 Å². The Bertz CT molecular complexity index is 1330. The molecule has 0 aromatic heterocycles. The summed E-state index contributed by atoms with van der Waals surface area (Å²) in [5, 5.41) is -0.400. The van der Waals surface area contributed by atoms with Gasteiger partial charge in [-0.05, 0) is 41.5 Å². The van der Waals surface area contributed by atoms with E-state index in [1.54, 1.807) is 18.2 Å². The Labute approximate surface area is 180 Å². The van der Waals surface area contributed by atoms with Crippen molar-refractivity contribution in [1.29, 1.82) is 0 Å². The summed E-state index contributed by atoms with van der Waals surface area (Å²) in [7, 11) is -1.31. The number of fused-ring (bicyclic) bond motifs is 4. The summed E-state index contributed by atoms with van der Waals surface area (Å²) < 4.78 is 30.8. The third-order valence-electron chi connectivity index (χ3n) is 5.90. The van der Waals surface area contributed by atoms with Gasteiger partial charge < -0.3 is 4.90 Å². The minimum Gasteiger partial charge on any atom is -0.310 e. The van der Waals surface area contributed by atoms with Crippen molar-refractivity contribution in [2.75, 3.05) is 4.90 Å². The number of Topliss-reactive ketones (excluding diaryl/α,β-unsaturated/α-hetero) is 1. The van der Waals surface area contributed by atoms with Gasteiger partial charge in [0.05, 0.1) is 26.9 Å². The number of allylic oxidation sites excluding steroid dienone is 2. The van der Waals surface area contributed by atoms with Crippen LogP contribution in [0.25, 0.3) is 0 Å². The minimum atomic E-state index is -1.63. The predicted molar refractivity (Wildman–Crippen MR) is 120 cm³/mol. The Balaban J connectivity index is 1.53. The molecule has 0 radical (unpaired) electrons. The Morgan fingerprint density at radius 3 is 2.27 bits per heavy atom. The Kier molecular flexibility index (Phi) is 3.45. The molecule has 0 bridgehead atoms. The number of anilines is 2.